The number of carbonyl (C=O) groups excluding carboxylic acids is 1. The van der Waals surface area contributed by atoms with Crippen LogP contribution >= 0.6 is 12.6 Å². The molecule has 0 amide bonds. The van der Waals surface area contributed by atoms with E-state index in [0.29, 0.717) is 0 Å². The normalized spacial score (nSPS) is 11.4. The summed E-state index contributed by atoms with van der Waals surface area (Å²) in [5, 5.41) is 15.8. The Morgan fingerprint density at radius 2 is 2.00 bits per heavy atom. The van der Waals surface area contributed by atoms with Crippen molar-refractivity contribution >= 4 is 23.7 Å². The maximum Gasteiger partial charge on any atom is 1.00 e. The molecule has 0 rings (SSSR count). The molecule has 0 aromatic rings. The van der Waals surface area contributed by atoms with E-state index in [-0.39, 0.29) is 20.3 Å². The Morgan fingerprint density at radius 1 is 1.60 bits per heavy atom. The molecule has 0 fully saturated rings. The number of carboxylic acid groups (broad SMARTS) is 1. The van der Waals surface area contributed by atoms with Crippen LogP contribution in [0, 0.1) is 0 Å². The van der Waals surface area contributed by atoms with Crippen molar-refractivity contribution in [2.24, 2.45) is 0 Å². The summed E-state index contributed by atoms with van der Waals surface area (Å²) < 4.78 is 0. The number of aliphatic hydroxyl groups excluding tert-OH is 1. The average Bonchev–Trinajstić information content (AvgIpc) is 1.63. The minimum absolute atomic E-state index is 0. The summed E-state index contributed by atoms with van der Waals surface area (Å²) in [7, 11) is 0. The van der Waals surface area contributed by atoms with Crippen molar-refractivity contribution in [3.8, 4) is 0 Å². The second kappa shape index (κ2) is 5.80. The van der Waals surface area contributed by atoms with Crippen molar-refractivity contribution in [1.82, 2.24) is 0 Å². The summed E-state index contributed by atoms with van der Waals surface area (Å²) in [5.74, 6) is -1.41. The maximum absolute atomic E-state index is 10.00. The van der Waals surface area contributed by atoms with Gasteiger partial charge in [0.2, 0.25) is 0 Å². The van der Waals surface area contributed by atoms with E-state index in [2.05, 4.69) is 12.6 Å². The molecule has 4 nitrogen and oxygen atoms in total. The number of carbonyl (C=O) groups is 2. The Bertz CT molecular complexity index is 142. The Balaban J connectivity index is -0.000000320. The largest absolute Gasteiger partial charge is 1.00 e. The molecule has 0 spiro atoms. The van der Waals surface area contributed by atoms with Crippen LogP contribution in [0.4, 0.5) is 0 Å². The molecule has 6 heteroatoms. The quantitative estimate of drug-likeness (QED) is 0.293. The van der Waals surface area contributed by atoms with Crippen molar-refractivity contribution in [3.63, 3.8) is 0 Å². The molecular formula is C4H7LiO4S. The number of aliphatic hydroxyl groups is 1. The predicted octanol–water partition coefficient (Wildman–Crippen LogP) is -3.61. The van der Waals surface area contributed by atoms with Crippen molar-refractivity contribution in [1.29, 1.82) is 0 Å². The molecule has 0 saturated carbocycles. The van der Waals surface area contributed by atoms with E-state index in [1.165, 1.54) is 0 Å². The number of rotatable bonds is 3. The second-order valence-electron chi connectivity index (χ2n) is 1.45. The minimum atomic E-state index is -1.62. The molecule has 0 aliphatic carbocycles. The summed E-state index contributed by atoms with van der Waals surface area (Å²) in [4.78, 5) is 19.8. The predicted molar refractivity (Wildman–Crippen MR) is 33.4 cm³/mol. The van der Waals surface area contributed by atoms with Gasteiger partial charge in [-0.05, 0) is 0 Å². The third-order valence-electron chi connectivity index (χ3n) is 0.653. The van der Waals surface area contributed by atoms with Gasteiger partial charge in [0.1, 0.15) is 0 Å². The van der Waals surface area contributed by atoms with E-state index in [9.17, 15) is 9.59 Å². The van der Waals surface area contributed by atoms with Gasteiger partial charge >= 0.3 is 24.8 Å². The summed E-state index contributed by atoms with van der Waals surface area (Å²) in [6.45, 7) is 0. The van der Waals surface area contributed by atoms with Gasteiger partial charge in [-0.1, -0.05) is 0 Å². The molecule has 10 heavy (non-hydrogen) atoms. The fraction of sp³-hybridized carbons (Fsp3) is 0.500. The smallest absolute Gasteiger partial charge is 1.00 e. The third kappa shape index (κ3) is 6.17. The summed E-state index contributed by atoms with van der Waals surface area (Å²) in [5.41, 5.74) is 0. The zero-order valence-electron chi connectivity index (χ0n) is 6.44. The van der Waals surface area contributed by atoms with Crippen LogP contribution in [-0.4, -0.2) is 27.4 Å². The van der Waals surface area contributed by atoms with Crippen LogP contribution in [0.5, 0.6) is 0 Å². The molecule has 0 aromatic carbocycles. The Hall–Kier alpha value is 0.0474. The van der Waals surface area contributed by atoms with Crippen LogP contribution in [0.3, 0.4) is 0 Å². The molecule has 2 N–H and O–H groups in total. The van der Waals surface area contributed by atoms with Crippen LogP contribution < -0.4 is 18.9 Å². The van der Waals surface area contributed by atoms with Crippen LogP contribution in [0.15, 0.2) is 0 Å². The number of aliphatic carboxylic acids is 1. The molecule has 0 aliphatic rings. The SMILES string of the molecule is O=C(S)CC(O)C(=O)O.[H-].[Li+]. The van der Waals surface area contributed by atoms with E-state index in [1.54, 1.807) is 0 Å². The number of thiol groups is 1. The Labute approximate surface area is 76.7 Å². The Morgan fingerprint density at radius 3 is 2.10 bits per heavy atom. The second-order valence-corrected chi connectivity index (χ2v) is 1.95. The van der Waals surface area contributed by atoms with Gasteiger partial charge in [-0.25, -0.2) is 4.79 Å². The monoisotopic (exact) mass is 158 g/mol. The molecule has 0 radical (unpaired) electrons. The van der Waals surface area contributed by atoms with Gasteiger partial charge < -0.3 is 11.6 Å². The van der Waals surface area contributed by atoms with E-state index < -0.39 is 23.6 Å². The summed E-state index contributed by atoms with van der Waals surface area (Å²) in [6.07, 6.45) is -2.06. The van der Waals surface area contributed by atoms with Crippen molar-refractivity contribution in [2.45, 2.75) is 12.5 Å². The maximum atomic E-state index is 10.00. The van der Waals surface area contributed by atoms with E-state index in [1.807, 2.05) is 0 Å². The molecule has 0 heterocycles. The van der Waals surface area contributed by atoms with Crippen LogP contribution in [0.25, 0.3) is 0 Å². The number of hydrogen-bond acceptors (Lipinski definition) is 3. The van der Waals surface area contributed by atoms with E-state index in [0.717, 1.165) is 0 Å². The van der Waals surface area contributed by atoms with Gasteiger partial charge in [-0.2, -0.15) is 0 Å². The van der Waals surface area contributed by atoms with E-state index >= 15 is 0 Å². The van der Waals surface area contributed by atoms with Gasteiger partial charge in [0.05, 0.1) is 6.42 Å². The molecule has 1 unspecified atom stereocenters. The Kier molecular flexibility index (Phi) is 7.37. The third-order valence-corrected chi connectivity index (χ3v) is 0.836. The molecule has 0 aromatic heterocycles. The standard InChI is InChI=1S/C4H6O4S.Li.H/c5-2(4(7)8)1-3(6)9;;/h2,5H,1H2,(H,6,9)(H,7,8);;/q;+1;-1. The molecule has 54 valence electrons. The van der Waals surface area contributed by atoms with Crippen LogP contribution in [-0.2, 0) is 9.59 Å². The first-order chi connectivity index (χ1) is 4.04. The van der Waals surface area contributed by atoms with Gasteiger partial charge in [-0.3, -0.25) is 4.79 Å². The van der Waals surface area contributed by atoms with Crippen LogP contribution in [0.1, 0.15) is 7.85 Å². The first-order valence-electron chi connectivity index (χ1n) is 2.16. The van der Waals surface area contributed by atoms with Gasteiger partial charge in [0.25, 0.3) is 0 Å². The van der Waals surface area contributed by atoms with Crippen molar-refractivity contribution in [2.75, 3.05) is 0 Å². The van der Waals surface area contributed by atoms with Gasteiger partial charge in [0, 0.05) is 0 Å². The molecule has 0 aliphatic heterocycles. The minimum Gasteiger partial charge on any atom is -1.00 e. The fourth-order valence-electron chi connectivity index (χ4n) is 0.253. The average molecular weight is 158 g/mol. The zero-order chi connectivity index (χ0) is 7.44. The topological polar surface area (TPSA) is 74.6 Å². The molecule has 1 atom stereocenters. The van der Waals surface area contributed by atoms with Crippen LogP contribution in [0.2, 0.25) is 0 Å². The van der Waals surface area contributed by atoms with Crippen molar-refractivity contribution < 1.29 is 40.1 Å². The zero-order valence-corrected chi connectivity index (χ0v) is 6.34. The molecule has 0 saturated heterocycles. The fourth-order valence-corrected chi connectivity index (χ4v) is 0.426. The number of carboxylic acids is 1. The number of hydrogen-bond donors (Lipinski definition) is 3. The first-order valence-corrected chi connectivity index (χ1v) is 2.61. The molecular weight excluding hydrogens is 151 g/mol. The molecule has 0 bridgehead atoms. The summed E-state index contributed by atoms with van der Waals surface area (Å²) in [6, 6.07) is 0. The first kappa shape index (κ1) is 12.7. The van der Waals surface area contributed by atoms with Gasteiger partial charge in [-0.15, -0.1) is 12.6 Å². The van der Waals surface area contributed by atoms with E-state index in [4.69, 9.17) is 10.2 Å². The van der Waals surface area contributed by atoms with Crippen molar-refractivity contribution in [3.05, 3.63) is 0 Å². The van der Waals surface area contributed by atoms with Gasteiger partial charge in [0.15, 0.2) is 11.2 Å². The summed E-state index contributed by atoms with van der Waals surface area (Å²) >= 11 is 3.27.